The monoisotopic (exact) mass is 253 g/mol. The molecule has 0 aromatic rings. The molecule has 0 bridgehead atoms. The molecule has 2 aliphatic rings. The molecule has 1 saturated heterocycles. The van der Waals surface area contributed by atoms with Crippen LogP contribution in [0.2, 0.25) is 0 Å². The lowest BCUT2D eigenvalue weighted by Crippen LogP contribution is -2.48. The van der Waals surface area contributed by atoms with Crippen LogP contribution in [0.15, 0.2) is 0 Å². The van der Waals surface area contributed by atoms with Gasteiger partial charge in [-0.25, -0.2) is 0 Å². The van der Waals surface area contributed by atoms with E-state index in [2.05, 4.69) is 5.32 Å². The van der Waals surface area contributed by atoms with Crippen LogP contribution in [0.1, 0.15) is 38.5 Å². The fourth-order valence-corrected chi connectivity index (χ4v) is 3.16. The minimum Gasteiger partial charge on any atom is -0.357 e. The number of carbonyl (C=O) groups is 2. The summed E-state index contributed by atoms with van der Waals surface area (Å²) in [5.74, 6) is 0.121. The molecule has 3 N–H and O–H groups in total. The number of hydrogen-bond donors (Lipinski definition) is 2. The zero-order valence-corrected chi connectivity index (χ0v) is 11.0. The normalized spacial score (nSPS) is 32.3. The Balaban J connectivity index is 2.01. The van der Waals surface area contributed by atoms with E-state index in [0.29, 0.717) is 6.54 Å². The van der Waals surface area contributed by atoms with E-state index >= 15 is 0 Å². The van der Waals surface area contributed by atoms with Gasteiger partial charge in [-0.15, -0.1) is 0 Å². The third kappa shape index (κ3) is 2.66. The van der Waals surface area contributed by atoms with Gasteiger partial charge in [-0.1, -0.05) is 6.42 Å². The summed E-state index contributed by atoms with van der Waals surface area (Å²) in [6.07, 6.45) is 5.44. The van der Waals surface area contributed by atoms with Crippen LogP contribution in [0.4, 0.5) is 0 Å². The Morgan fingerprint density at radius 3 is 2.67 bits per heavy atom. The van der Waals surface area contributed by atoms with Gasteiger partial charge in [0.15, 0.2) is 0 Å². The topological polar surface area (TPSA) is 75.4 Å². The Bertz CT molecular complexity index is 332. The second-order valence-corrected chi connectivity index (χ2v) is 5.43. The summed E-state index contributed by atoms with van der Waals surface area (Å²) in [6.45, 7) is 0.711. The Hall–Kier alpha value is -1.10. The number of likely N-dealkylation sites (tertiary alicyclic amines) is 1. The molecule has 2 fully saturated rings. The highest BCUT2D eigenvalue weighted by Crippen LogP contribution is 2.28. The number of carbonyl (C=O) groups excluding carboxylic acids is 2. The van der Waals surface area contributed by atoms with Crippen LogP contribution >= 0.6 is 0 Å². The summed E-state index contributed by atoms with van der Waals surface area (Å²) >= 11 is 0. The number of nitrogens with zero attached hydrogens (tertiary/aromatic N) is 1. The van der Waals surface area contributed by atoms with Gasteiger partial charge >= 0.3 is 0 Å². The molecule has 1 saturated carbocycles. The van der Waals surface area contributed by atoms with Crippen LogP contribution in [0.5, 0.6) is 0 Å². The van der Waals surface area contributed by atoms with E-state index in [4.69, 9.17) is 5.73 Å². The highest BCUT2D eigenvalue weighted by atomic mass is 16.2. The van der Waals surface area contributed by atoms with Crippen LogP contribution in [0.3, 0.4) is 0 Å². The standard InChI is InChI=1S/C13H23N3O2/c1-15-12(17)11-6-3-7-16(11)13(18)9-4-2-5-10(14)8-9/h9-11H,2-8,14H2,1H3,(H,15,17). The molecule has 3 atom stereocenters. The summed E-state index contributed by atoms with van der Waals surface area (Å²) in [5.41, 5.74) is 5.93. The molecule has 102 valence electrons. The summed E-state index contributed by atoms with van der Waals surface area (Å²) in [4.78, 5) is 26.0. The lowest BCUT2D eigenvalue weighted by atomic mass is 9.85. The molecular weight excluding hydrogens is 230 g/mol. The van der Waals surface area contributed by atoms with Crippen molar-refractivity contribution in [3.8, 4) is 0 Å². The Morgan fingerprint density at radius 1 is 1.22 bits per heavy atom. The largest absolute Gasteiger partial charge is 0.357 e. The third-order valence-corrected chi connectivity index (χ3v) is 4.15. The van der Waals surface area contributed by atoms with Crippen molar-refractivity contribution in [2.75, 3.05) is 13.6 Å². The third-order valence-electron chi connectivity index (χ3n) is 4.15. The SMILES string of the molecule is CNC(=O)C1CCCN1C(=O)C1CCCC(N)C1. The van der Waals surface area contributed by atoms with Crippen molar-refractivity contribution in [1.82, 2.24) is 10.2 Å². The molecular formula is C13H23N3O2. The summed E-state index contributed by atoms with van der Waals surface area (Å²) < 4.78 is 0. The van der Waals surface area contributed by atoms with E-state index in [1.807, 2.05) is 0 Å². The minimum absolute atomic E-state index is 0.0269. The van der Waals surface area contributed by atoms with E-state index < -0.39 is 0 Å². The lowest BCUT2D eigenvalue weighted by molar-refractivity contribution is -0.142. The zero-order chi connectivity index (χ0) is 13.1. The molecule has 0 radical (unpaired) electrons. The molecule has 3 unspecified atom stereocenters. The molecule has 1 heterocycles. The molecule has 2 rings (SSSR count). The quantitative estimate of drug-likeness (QED) is 0.740. The fourth-order valence-electron chi connectivity index (χ4n) is 3.16. The molecule has 1 aliphatic heterocycles. The number of nitrogens with two attached hydrogens (primary N) is 1. The second kappa shape index (κ2) is 5.69. The summed E-state index contributed by atoms with van der Waals surface area (Å²) in [5, 5.41) is 2.65. The molecule has 2 amide bonds. The van der Waals surface area contributed by atoms with Gasteiger partial charge in [-0.05, 0) is 32.1 Å². The Morgan fingerprint density at radius 2 is 2.00 bits per heavy atom. The van der Waals surface area contributed by atoms with E-state index in [9.17, 15) is 9.59 Å². The first-order valence-corrected chi connectivity index (χ1v) is 6.91. The van der Waals surface area contributed by atoms with Crippen molar-refractivity contribution < 1.29 is 9.59 Å². The molecule has 5 heteroatoms. The highest BCUT2D eigenvalue weighted by Gasteiger charge is 2.37. The zero-order valence-electron chi connectivity index (χ0n) is 11.0. The molecule has 5 nitrogen and oxygen atoms in total. The first-order chi connectivity index (χ1) is 8.63. The van der Waals surface area contributed by atoms with E-state index in [0.717, 1.165) is 38.5 Å². The number of likely N-dealkylation sites (N-methyl/N-ethyl adjacent to an activating group) is 1. The Labute approximate surface area is 108 Å². The van der Waals surface area contributed by atoms with Gasteiger partial charge in [0, 0.05) is 25.6 Å². The predicted octanol–water partition coefficient (Wildman–Crippen LogP) is 0.241. The van der Waals surface area contributed by atoms with Crippen molar-refractivity contribution in [3.63, 3.8) is 0 Å². The van der Waals surface area contributed by atoms with Gasteiger partial charge in [0.2, 0.25) is 11.8 Å². The number of rotatable bonds is 2. The van der Waals surface area contributed by atoms with E-state index in [-0.39, 0.29) is 29.8 Å². The van der Waals surface area contributed by atoms with Gasteiger partial charge in [0.05, 0.1) is 0 Å². The van der Waals surface area contributed by atoms with Gasteiger partial charge in [0.1, 0.15) is 6.04 Å². The number of amides is 2. The Kier molecular flexibility index (Phi) is 4.22. The van der Waals surface area contributed by atoms with Gasteiger partial charge < -0.3 is 16.0 Å². The first kappa shape index (κ1) is 13.3. The highest BCUT2D eigenvalue weighted by molar-refractivity contribution is 5.89. The lowest BCUT2D eigenvalue weighted by Gasteiger charge is -2.31. The number of nitrogens with one attached hydrogen (secondary N) is 1. The molecule has 0 spiro atoms. The van der Waals surface area contributed by atoms with Crippen molar-refractivity contribution in [1.29, 1.82) is 0 Å². The van der Waals surface area contributed by atoms with E-state index in [1.54, 1.807) is 11.9 Å². The maximum atomic E-state index is 12.5. The average molecular weight is 253 g/mol. The maximum absolute atomic E-state index is 12.5. The van der Waals surface area contributed by atoms with Gasteiger partial charge in [-0.2, -0.15) is 0 Å². The maximum Gasteiger partial charge on any atom is 0.242 e. The van der Waals surface area contributed by atoms with Crippen molar-refractivity contribution >= 4 is 11.8 Å². The average Bonchev–Trinajstić information content (AvgIpc) is 2.86. The van der Waals surface area contributed by atoms with Gasteiger partial charge in [-0.3, -0.25) is 9.59 Å². The van der Waals surface area contributed by atoms with Gasteiger partial charge in [0.25, 0.3) is 0 Å². The fraction of sp³-hybridized carbons (Fsp3) is 0.846. The van der Waals surface area contributed by atoms with Crippen molar-refractivity contribution in [2.45, 2.75) is 50.6 Å². The molecule has 0 aromatic carbocycles. The minimum atomic E-state index is -0.263. The molecule has 0 aromatic heterocycles. The molecule has 1 aliphatic carbocycles. The van der Waals surface area contributed by atoms with Crippen molar-refractivity contribution in [3.05, 3.63) is 0 Å². The molecule has 18 heavy (non-hydrogen) atoms. The van der Waals surface area contributed by atoms with Crippen LogP contribution in [0, 0.1) is 5.92 Å². The van der Waals surface area contributed by atoms with Crippen LogP contribution in [-0.2, 0) is 9.59 Å². The summed E-state index contributed by atoms with van der Waals surface area (Å²) in [6, 6.07) is -0.116. The number of hydrogen-bond acceptors (Lipinski definition) is 3. The predicted molar refractivity (Wildman–Crippen MR) is 68.7 cm³/mol. The summed E-state index contributed by atoms with van der Waals surface area (Å²) in [7, 11) is 1.62. The van der Waals surface area contributed by atoms with Crippen molar-refractivity contribution in [2.24, 2.45) is 11.7 Å². The van der Waals surface area contributed by atoms with Crippen LogP contribution < -0.4 is 11.1 Å². The first-order valence-electron chi connectivity index (χ1n) is 6.91. The van der Waals surface area contributed by atoms with Crippen LogP contribution in [0.25, 0.3) is 0 Å². The van der Waals surface area contributed by atoms with Crippen LogP contribution in [-0.4, -0.2) is 42.4 Å². The van der Waals surface area contributed by atoms with E-state index in [1.165, 1.54) is 0 Å². The smallest absolute Gasteiger partial charge is 0.242 e. The second-order valence-electron chi connectivity index (χ2n) is 5.43.